The molecule has 3 heteroatoms. The van der Waals surface area contributed by atoms with Gasteiger partial charge in [-0.05, 0) is 50.1 Å². The summed E-state index contributed by atoms with van der Waals surface area (Å²) in [6.45, 7) is 6.41. The largest absolute Gasteiger partial charge is 0.487 e. The van der Waals surface area contributed by atoms with Crippen molar-refractivity contribution in [2.24, 2.45) is 0 Å². The number of thioether (sulfide) groups is 1. The third-order valence-electron chi connectivity index (χ3n) is 4.60. The van der Waals surface area contributed by atoms with E-state index in [0.29, 0.717) is 4.75 Å². The van der Waals surface area contributed by atoms with Gasteiger partial charge >= 0.3 is 0 Å². The van der Waals surface area contributed by atoms with Crippen molar-refractivity contribution in [2.75, 3.05) is 12.8 Å². The molecule has 2 aliphatic rings. The van der Waals surface area contributed by atoms with Gasteiger partial charge in [-0.25, -0.2) is 0 Å². The van der Waals surface area contributed by atoms with Crippen LogP contribution < -0.4 is 10.1 Å². The summed E-state index contributed by atoms with van der Waals surface area (Å²) in [4.78, 5) is 0. The van der Waals surface area contributed by atoms with Gasteiger partial charge in [0.25, 0.3) is 0 Å². The zero-order valence-corrected chi connectivity index (χ0v) is 13.6. The fourth-order valence-electron chi connectivity index (χ4n) is 3.23. The van der Waals surface area contributed by atoms with Crippen molar-refractivity contribution >= 4 is 11.8 Å². The van der Waals surface area contributed by atoms with Gasteiger partial charge in [0.05, 0.1) is 0 Å². The topological polar surface area (TPSA) is 21.3 Å². The van der Waals surface area contributed by atoms with Crippen LogP contribution in [0.5, 0.6) is 5.75 Å². The average Bonchev–Trinajstić information content (AvgIpc) is 2.65. The third kappa shape index (κ3) is 2.84. The molecule has 0 saturated heterocycles. The normalized spacial score (nSPS) is 21.9. The molecule has 20 heavy (non-hydrogen) atoms. The lowest BCUT2D eigenvalue weighted by Crippen LogP contribution is -2.43. The first-order chi connectivity index (χ1) is 9.52. The Bertz CT molecular complexity index is 488. The molecule has 2 nitrogen and oxygen atoms in total. The zero-order valence-electron chi connectivity index (χ0n) is 12.8. The van der Waals surface area contributed by atoms with Crippen LogP contribution in [0, 0.1) is 0 Å². The zero-order chi connectivity index (χ0) is 14.2. The fourth-order valence-corrected chi connectivity index (χ4v) is 4.18. The van der Waals surface area contributed by atoms with Crippen molar-refractivity contribution in [2.45, 2.75) is 56.4 Å². The van der Waals surface area contributed by atoms with E-state index in [9.17, 15) is 0 Å². The van der Waals surface area contributed by atoms with E-state index in [0.717, 1.165) is 25.3 Å². The predicted octanol–water partition coefficient (Wildman–Crippen LogP) is 3.78. The van der Waals surface area contributed by atoms with E-state index in [1.807, 2.05) is 11.8 Å². The number of fused-ring (bicyclic) bond motifs is 1. The van der Waals surface area contributed by atoms with Crippen molar-refractivity contribution in [1.82, 2.24) is 5.32 Å². The van der Waals surface area contributed by atoms with Crippen LogP contribution in [0.4, 0.5) is 0 Å². The molecule has 1 aliphatic carbocycles. The molecule has 1 aliphatic heterocycles. The molecule has 1 N–H and O–H groups in total. The van der Waals surface area contributed by atoms with Crippen LogP contribution in [0.25, 0.3) is 0 Å². The summed E-state index contributed by atoms with van der Waals surface area (Å²) >= 11 is 2.03. The van der Waals surface area contributed by atoms with Crippen LogP contribution in [0.3, 0.4) is 0 Å². The molecule has 0 aromatic heterocycles. The molecule has 0 amide bonds. The second-order valence-corrected chi connectivity index (χ2v) is 8.10. The maximum Gasteiger partial charge on any atom is 0.123 e. The van der Waals surface area contributed by atoms with E-state index in [1.165, 1.54) is 30.4 Å². The molecule has 1 saturated carbocycles. The van der Waals surface area contributed by atoms with E-state index in [2.05, 4.69) is 43.6 Å². The molecule has 0 radical (unpaired) electrons. The number of hydrogen-bond donors (Lipinski definition) is 1. The number of nitrogens with one attached hydrogen (secondary N) is 1. The first-order valence-corrected chi connectivity index (χ1v) is 8.81. The van der Waals surface area contributed by atoms with Crippen LogP contribution in [0.2, 0.25) is 0 Å². The van der Waals surface area contributed by atoms with Crippen molar-refractivity contribution in [1.29, 1.82) is 0 Å². The summed E-state index contributed by atoms with van der Waals surface area (Å²) in [6, 6.07) is 6.64. The Labute approximate surface area is 126 Å². The predicted molar refractivity (Wildman–Crippen MR) is 86.7 cm³/mol. The van der Waals surface area contributed by atoms with Crippen molar-refractivity contribution in [3.05, 3.63) is 29.3 Å². The van der Waals surface area contributed by atoms with Gasteiger partial charge in [-0.3, -0.25) is 0 Å². The van der Waals surface area contributed by atoms with Crippen LogP contribution in [0.1, 0.15) is 44.2 Å². The molecule has 0 atom stereocenters. The lowest BCUT2D eigenvalue weighted by molar-refractivity contribution is 0.138. The molecular formula is C17H25NOS. The molecule has 3 rings (SSSR count). The molecule has 110 valence electrons. The fraction of sp³-hybridized carbons (Fsp3) is 0.647. The number of benzene rings is 1. The van der Waals surface area contributed by atoms with E-state index in [-0.39, 0.29) is 5.60 Å². The molecule has 0 bridgehead atoms. The Morgan fingerprint density at radius 2 is 2.10 bits per heavy atom. The van der Waals surface area contributed by atoms with Gasteiger partial charge in [0.2, 0.25) is 0 Å². The van der Waals surface area contributed by atoms with Crippen LogP contribution >= 0.6 is 11.8 Å². The maximum absolute atomic E-state index is 5.93. The number of hydrogen-bond acceptors (Lipinski definition) is 3. The Morgan fingerprint density at radius 3 is 2.75 bits per heavy atom. The van der Waals surface area contributed by atoms with Crippen LogP contribution in [0.15, 0.2) is 18.2 Å². The summed E-state index contributed by atoms with van der Waals surface area (Å²) in [5.74, 6) is 1.07. The van der Waals surface area contributed by atoms with E-state index < -0.39 is 0 Å². The van der Waals surface area contributed by atoms with E-state index >= 15 is 0 Å². The molecule has 1 heterocycles. The SMILES string of the molecule is CSC1(CNCc2ccc3c(c2)CC(C)(C)O3)CCC1. The Morgan fingerprint density at radius 1 is 1.30 bits per heavy atom. The van der Waals surface area contributed by atoms with E-state index in [1.54, 1.807) is 0 Å². The van der Waals surface area contributed by atoms with Gasteiger partial charge in [0, 0.05) is 24.3 Å². The number of rotatable bonds is 5. The molecule has 0 unspecified atom stereocenters. The third-order valence-corrected chi connectivity index (χ3v) is 6.02. The average molecular weight is 291 g/mol. The van der Waals surface area contributed by atoms with E-state index in [4.69, 9.17) is 4.74 Å². The second-order valence-electron chi connectivity index (χ2n) is 6.82. The molecule has 0 spiro atoms. The number of ether oxygens (including phenoxy) is 1. The summed E-state index contributed by atoms with van der Waals surface area (Å²) in [5, 5.41) is 3.65. The van der Waals surface area contributed by atoms with Crippen LogP contribution in [-0.4, -0.2) is 23.1 Å². The quantitative estimate of drug-likeness (QED) is 0.892. The first kappa shape index (κ1) is 14.3. The van der Waals surface area contributed by atoms with Gasteiger partial charge in [-0.2, -0.15) is 11.8 Å². The summed E-state index contributed by atoms with van der Waals surface area (Å²) in [5.41, 5.74) is 2.70. The Hall–Kier alpha value is -0.670. The second kappa shape index (κ2) is 5.27. The van der Waals surface area contributed by atoms with Gasteiger partial charge in [0.1, 0.15) is 11.4 Å². The monoisotopic (exact) mass is 291 g/mol. The van der Waals surface area contributed by atoms with Crippen molar-refractivity contribution in [3.8, 4) is 5.75 Å². The minimum atomic E-state index is -0.0385. The molecular weight excluding hydrogens is 266 g/mol. The van der Waals surface area contributed by atoms with Gasteiger partial charge < -0.3 is 10.1 Å². The molecule has 1 aromatic carbocycles. The standard InChI is InChI=1S/C17H25NOS/c1-16(2)10-14-9-13(5-6-15(14)19-16)11-18-12-17(20-3)7-4-8-17/h5-6,9,18H,4,7-8,10-12H2,1-3H3. The van der Waals surface area contributed by atoms with Gasteiger partial charge in [-0.15, -0.1) is 0 Å². The highest BCUT2D eigenvalue weighted by molar-refractivity contribution is 8.00. The van der Waals surface area contributed by atoms with Crippen LogP contribution in [-0.2, 0) is 13.0 Å². The molecule has 1 aromatic rings. The minimum Gasteiger partial charge on any atom is -0.487 e. The molecule has 1 fully saturated rings. The highest BCUT2D eigenvalue weighted by Crippen LogP contribution is 2.42. The Balaban J connectivity index is 1.57. The summed E-state index contributed by atoms with van der Waals surface area (Å²) < 4.78 is 6.44. The minimum absolute atomic E-state index is 0.0385. The van der Waals surface area contributed by atoms with Gasteiger partial charge in [0.15, 0.2) is 0 Å². The smallest absolute Gasteiger partial charge is 0.123 e. The highest BCUT2D eigenvalue weighted by Gasteiger charge is 2.35. The van der Waals surface area contributed by atoms with Crippen molar-refractivity contribution < 1.29 is 4.74 Å². The maximum atomic E-state index is 5.93. The van der Waals surface area contributed by atoms with Gasteiger partial charge in [-0.1, -0.05) is 18.6 Å². The van der Waals surface area contributed by atoms with Crippen molar-refractivity contribution in [3.63, 3.8) is 0 Å². The summed E-state index contributed by atoms with van der Waals surface area (Å²) in [6.07, 6.45) is 7.40. The lowest BCUT2D eigenvalue weighted by atomic mass is 9.84. The first-order valence-electron chi connectivity index (χ1n) is 7.59. The highest BCUT2D eigenvalue weighted by atomic mass is 32.2. The lowest BCUT2D eigenvalue weighted by Gasteiger charge is -2.40. The summed E-state index contributed by atoms with van der Waals surface area (Å²) in [7, 11) is 0. The Kier molecular flexibility index (Phi) is 3.76.